The van der Waals surface area contributed by atoms with Gasteiger partial charge in [0, 0.05) is 6.20 Å². The predicted octanol–water partition coefficient (Wildman–Crippen LogP) is 0.127. The molecule has 54 valence electrons. The average molecular weight is 138 g/mol. The van der Waals surface area contributed by atoms with Crippen molar-refractivity contribution in [3.8, 4) is 0 Å². The maximum atomic E-state index is 6.96. The summed E-state index contributed by atoms with van der Waals surface area (Å²) >= 11 is 0. The van der Waals surface area contributed by atoms with Gasteiger partial charge in [0.2, 0.25) is 0 Å². The molecule has 4 nitrogen and oxygen atoms in total. The van der Waals surface area contributed by atoms with Gasteiger partial charge in [0.1, 0.15) is 5.84 Å². The molecular formula is C6H10N4. The molecule has 0 aromatic carbocycles. The first-order valence-corrected chi connectivity index (χ1v) is 3.01. The van der Waals surface area contributed by atoms with Crippen molar-refractivity contribution >= 4 is 5.84 Å². The molecule has 0 amide bonds. The number of hydrogen-bond donors (Lipinski definition) is 2. The molecule has 0 atom stereocenters. The summed E-state index contributed by atoms with van der Waals surface area (Å²) in [5.41, 5.74) is 6.10. The van der Waals surface area contributed by atoms with Gasteiger partial charge in [-0.2, -0.15) is 5.10 Å². The van der Waals surface area contributed by atoms with E-state index >= 15 is 0 Å². The number of aromatic nitrogens is 2. The van der Waals surface area contributed by atoms with E-state index in [1.165, 1.54) is 0 Å². The minimum Gasteiger partial charge on any atom is -0.386 e. The van der Waals surface area contributed by atoms with E-state index < -0.39 is 0 Å². The van der Waals surface area contributed by atoms with Crippen LogP contribution < -0.4 is 5.73 Å². The minimum atomic E-state index is 0.128. The Morgan fingerprint density at radius 3 is 3.00 bits per heavy atom. The Balaban J connectivity index is 2.67. The van der Waals surface area contributed by atoms with E-state index in [0.29, 0.717) is 6.54 Å². The smallest absolute Gasteiger partial charge is 0.113 e. The number of nitrogens with one attached hydrogen (secondary N) is 1. The maximum Gasteiger partial charge on any atom is 0.113 e. The number of nitrogens with zero attached hydrogens (tertiary/aromatic N) is 2. The normalized spacial score (nSPS) is 9.70. The lowest BCUT2D eigenvalue weighted by molar-refractivity contribution is 0.709. The molecule has 1 rings (SSSR count). The number of hydrogen-bond acceptors (Lipinski definition) is 2. The lowest BCUT2D eigenvalue weighted by Gasteiger charge is -1.96. The predicted molar refractivity (Wildman–Crippen MR) is 38.9 cm³/mol. The number of aryl methyl sites for hydroxylation is 1. The number of rotatable bonds is 2. The van der Waals surface area contributed by atoms with Gasteiger partial charge < -0.3 is 5.73 Å². The van der Waals surface area contributed by atoms with Gasteiger partial charge in [-0.3, -0.25) is 10.1 Å². The molecule has 0 fully saturated rings. The number of amidine groups is 1. The summed E-state index contributed by atoms with van der Waals surface area (Å²) in [5.74, 6) is 0.128. The van der Waals surface area contributed by atoms with E-state index in [2.05, 4.69) is 5.10 Å². The summed E-state index contributed by atoms with van der Waals surface area (Å²) in [7, 11) is 0. The van der Waals surface area contributed by atoms with Crippen LogP contribution in [0.15, 0.2) is 12.3 Å². The molecule has 10 heavy (non-hydrogen) atoms. The third kappa shape index (κ3) is 1.58. The molecule has 1 heterocycles. The lowest BCUT2D eigenvalue weighted by Crippen LogP contribution is -2.18. The van der Waals surface area contributed by atoms with Crippen molar-refractivity contribution in [3.63, 3.8) is 0 Å². The molecule has 0 saturated heterocycles. The first kappa shape index (κ1) is 6.80. The van der Waals surface area contributed by atoms with Crippen LogP contribution in [0.5, 0.6) is 0 Å². The Hall–Kier alpha value is -1.32. The van der Waals surface area contributed by atoms with Crippen molar-refractivity contribution in [3.05, 3.63) is 18.0 Å². The molecule has 0 aliphatic carbocycles. The fourth-order valence-electron chi connectivity index (χ4n) is 0.726. The fourth-order valence-corrected chi connectivity index (χ4v) is 0.726. The molecule has 0 bridgehead atoms. The van der Waals surface area contributed by atoms with Crippen LogP contribution in [-0.2, 0) is 6.54 Å². The summed E-state index contributed by atoms with van der Waals surface area (Å²) in [6, 6.07) is 1.88. The molecule has 0 saturated carbocycles. The Morgan fingerprint density at radius 1 is 1.90 bits per heavy atom. The lowest BCUT2D eigenvalue weighted by atomic mass is 10.5. The molecule has 0 aliphatic heterocycles. The van der Waals surface area contributed by atoms with E-state index in [-0.39, 0.29) is 5.84 Å². The van der Waals surface area contributed by atoms with Gasteiger partial charge in [0.25, 0.3) is 0 Å². The molecule has 4 heteroatoms. The highest BCUT2D eigenvalue weighted by Gasteiger charge is 1.93. The summed E-state index contributed by atoms with van der Waals surface area (Å²) in [5, 5.41) is 11.0. The zero-order chi connectivity index (χ0) is 7.56. The number of nitrogens with two attached hydrogens (primary N) is 1. The van der Waals surface area contributed by atoms with Crippen LogP contribution in [-0.4, -0.2) is 15.6 Å². The first-order valence-electron chi connectivity index (χ1n) is 3.01. The van der Waals surface area contributed by atoms with E-state index in [1.807, 2.05) is 13.0 Å². The summed E-state index contributed by atoms with van der Waals surface area (Å²) < 4.78 is 1.64. The maximum absolute atomic E-state index is 6.96. The van der Waals surface area contributed by atoms with Gasteiger partial charge in [-0.15, -0.1) is 0 Å². The average Bonchev–Trinajstić information content (AvgIpc) is 2.13. The van der Waals surface area contributed by atoms with Gasteiger partial charge in [0.05, 0.1) is 12.2 Å². The van der Waals surface area contributed by atoms with Crippen molar-refractivity contribution in [1.82, 2.24) is 9.78 Å². The summed E-state index contributed by atoms with van der Waals surface area (Å²) in [6.07, 6.45) is 1.80. The zero-order valence-electron chi connectivity index (χ0n) is 5.83. The first-order chi connectivity index (χ1) is 4.68. The van der Waals surface area contributed by atoms with Crippen molar-refractivity contribution in [2.75, 3.05) is 0 Å². The summed E-state index contributed by atoms with van der Waals surface area (Å²) in [6.45, 7) is 2.28. The third-order valence-electron chi connectivity index (χ3n) is 1.11. The van der Waals surface area contributed by atoms with Crippen LogP contribution in [0.3, 0.4) is 0 Å². The second kappa shape index (κ2) is 2.51. The topological polar surface area (TPSA) is 67.7 Å². The second-order valence-electron chi connectivity index (χ2n) is 2.18. The van der Waals surface area contributed by atoms with Crippen LogP contribution in [0.25, 0.3) is 0 Å². The van der Waals surface area contributed by atoms with Crippen LogP contribution >= 0.6 is 0 Å². The van der Waals surface area contributed by atoms with Crippen molar-refractivity contribution in [2.45, 2.75) is 13.5 Å². The highest BCUT2D eigenvalue weighted by atomic mass is 15.3. The van der Waals surface area contributed by atoms with Gasteiger partial charge in [-0.05, 0) is 13.0 Å². The molecule has 0 unspecified atom stereocenters. The highest BCUT2D eigenvalue weighted by molar-refractivity contribution is 5.76. The molecule has 0 spiro atoms. The third-order valence-corrected chi connectivity index (χ3v) is 1.11. The van der Waals surface area contributed by atoms with Crippen molar-refractivity contribution < 1.29 is 0 Å². The van der Waals surface area contributed by atoms with E-state index in [1.54, 1.807) is 10.9 Å². The summed E-state index contributed by atoms with van der Waals surface area (Å²) in [4.78, 5) is 0. The van der Waals surface area contributed by atoms with Crippen LogP contribution in [0.4, 0.5) is 0 Å². The SMILES string of the molecule is Cc1ccn(CC(=N)N)n1. The van der Waals surface area contributed by atoms with E-state index in [9.17, 15) is 0 Å². The van der Waals surface area contributed by atoms with Crippen LogP contribution in [0, 0.1) is 12.3 Å². The molecular weight excluding hydrogens is 128 g/mol. The highest BCUT2D eigenvalue weighted by Crippen LogP contribution is 1.90. The quantitative estimate of drug-likeness (QED) is 0.450. The minimum absolute atomic E-state index is 0.128. The van der Waals surface area contributed by atoms with E-state index in [4.69, 9.17) is 11.1 Å². The Kier molecular flexibility index (Phi) is 1.71. The Labute approximate surface area is 59.2 Å². The van der Waals surface area contributed by atoms with Crippen LogP contribution in [0.1, 0.15) is 5.69 Å². The monoisotopic (exact) mass is 138 g/mol. The molecule has 0 aliphatic rings. The molecule has 1 aromatic heterocycles. The van der Waals surface area contributed by atoms with E-state index in [0.717, 1.165) is 5.69 Å². The molecule has 3 N–H and O–H groups in total. The van der Waals surface area contributed by atoms with Crippen LogP contribution in [0.2, 0.25) is 0 Å². The van der Waals surface area contributed by atoms with Crippen molar-refractivity contribution in [2.24, 2.45) is 5.73 Å². The largest absolute Gasteiger partial charge is 0.386 e. The van der Waals surface area contributed by atoms with Gasteiger partial charge in [0.15, 0.2) is 0 Å². The Morgan fingerprint density at radius 2 is 2.60 bits per heavy atom. The standard InChI is InChI=1S/C6H10N4/c1-5-2-3-10(9-5)4-6(7)8/h2-3H,4H2,1H3,(H3,7,8). The van der Waals surface area contributed by atoms with Crippen molar-refractivity contribution in [1.29, 1.82) is 5.41 Å². The van der Waals surface area contributed by atoms with Gasteiger partial charge >= 0.3 is 0 Å². The van der Waals surface area contributed by atoms with Gasteiger partial charge in [-0.1, -0.05) is 0 Å². The Bertz CT molecular complexity index is 238. The van der Waals surface area contributed by atoms with Gasteiger partial charge in [-0.25, -0.2) is 0 Å². The fraction of sp³-hybridized carbons (Fsp3) is 0.333. The molecule has 1 aromatic rings. The molecule has 0 radical (unpaired) electrons. The second-order valence-corrected chi connectivity index (χ2v) is 2.18. The zero-order valence-corrected chi connectivity index (χ0v) is 5.83.